The lowest BCUT2D eigenvalue weighted by molar-refractivity contribution is 0.0938. The molecule has 2 rings (SSSR count). The molecule has 0 spiro atoms. The van der Waals surface area contributed by atoms with Gasteiger partial charge in [-0.15, -0.1) is 0 Å². The van der Waals surface area contributed by atoms with E-state index in [1.807, 2.05) is 32.2 Å². The highest BCUT2D eigenvalue weighted by molar-refractivity contribution is 7.71. The molecule has 18 heavy (non-hydrogen) atoms. The smallest absolute Gasteiger partial charge is 0.251 e. The number of aromatic amines is 1. The molecular formula is C12H14N4OS. The third-order valence-corrected chi connectivity index (χ3v) is 3.05. The monoisotopic (exact) mass is 262 g/mol. The third kappa shape index (κ3) is 2.48. The van der Waals surface area contributed by atoms with E-state index >= 15 is 0 Å². The van der Waals surface area contributed by atoms with Crippen LogP contribution < -0.4 is 5.32 Å². The van der Waals surface area contributed by atoms with Gasteiger partial charge in [-0.3, -0.25) is 9.89 Å². The van der Waals surface area contributed by atoms with Crippen molar-refractivity contribution >= 4 is 18.1 Å². The lowest BCUT2D eigenvalue weighted by Crippen LogP contribution is -2.28. The molecule has 1 heterocycles. The Balaban J connectivity index is 2.13. The summed E-state index contributed by atoms with van der Waals surface area (Å²) in [4.78, 5) is 12.0. The number of H-pyrrole nitrogens is 1. The first-order valence-corrected chi connectivity index (χ1v) is 5.97. The van der Waals surface area contributed by atoms with Gasteiger partial charge in [0, 0.05) is 12.6 Å². The predicted octanol–water partition coefficient (Wildman–Crippen LogP) is 1.97. The average Bonchev–Trinajstić information content (AvgIpc) is 2.71. The fourth-order valence-corrected chi connectivity index (χ4v) is 1.82. The van der Waals surface area contributed by atoms with E-state index in [4.69, 9.17) is 12.2 Å². The Kier molecular flexibility index (Phi) is 3.57. The third-order valence-electron chi connectivity index (χ3n) is 2.69. The van der Waals surface area contributed by atoms with Crippen LogP contribution in [0.15, 0.2) is 30.3 Å². The van der Waals surface area contributed by atoms with Gasteiger partial charge in [-0.25, -0.2) is 0 Å². The Morgan fingerprint density at radius 3 is 2.67 bits per heavy atom. The number of nitrogens with zero attached hydrogens (tertiary/aromatic N) is 2. The second kappa shape index (κ2) is 5.14. The van der Waals surface area contributed by atoms with Gasteiger partial charge >= 0.3 is 0 Å². The fraction of sp³-hybridized carbons (Fsp3) is 0.250. The molecule has 0 saturated heterocycles. The first kappa shape index (κ1) is 12.5. The summed E-state index contributed by atoms with van der Waals surface area (Å²) in [6.45, 7) is 1.87. The van der Waals surface area contributed by atoms with Crippen molar-refractivity contribution in [2.24, 2.45) is 7.05 Å². The van der Waals surface area contributed by atoms with Crippen LogP contribution in [-0.4, -0.2) is 20.7 Å². The molecule has 0 saturated carbocycles. The normalized spacial score (nSPS) is 12.1. The molecule has 5 nitrogen and oxygen atoms in total. The van der Waals surface area contributed by atoms with Gasteiger partial charge in [-0.05, 0) is 31.3 Å². The summed E-state index contributed by atoms with van der Waals surface area (Å²) in [6.07, 6.45) is 0. The molecule has 1 amide bonds. The van der Waals surface area contributed by atoms with Gasteiger partial charge < -0.3 is 9.88 Å². The summed E-state index contributed by atoms with van der Waals surface area (Å²) in [7, 11) is 1.81. The van der Waals surface area contributed by atoms with Crippen molar-refractivity contribution in [3.63, 3.8) is 0 Å². The predicted molar refractivity (Wildman–Crippen MR) is 70.7 cm³/mol. The van der Waals surface area contributed by atoms with Crippen molar-refractivity contribution in [3.8, 4) is 0 Å². The van der Waals surface area contributed by atoms with E-state index in [9.17, 15) is 4.79 Å². The van der Waals surface area contributed by atoms with Crippen molar-refractivity contribution in [2.45, 2.75) is 13.0 Å². The zero-order valence-corrected chi connectivity index (χ0v) is 11.0. The highest BCUT2D eigenvalue weighted by Gasteiger charge is 2.15. The SMILES string of the molecule is CC(NC(=O)c1ccccc1)c1n[nH]c(=S)n1C. The van der Waals surface area contributed by atoms with E-state index < -0.39 is 0 Å². The number of benzene rings is 1. The van der Waals surface area contributed by atoms with Gasteiger partial charge in [0.15, 0.2) is 10.6 Å². The first-order valence-electron chi connectivity index (χ1n) is 5.57. The summed E-state index contributed by atoms with van der Waals surface area (Å²) in [6, 6.07) is 8.86. The van der Waals surface area contributed by atoms with Crippen LogP contribution in [0.4, 0.5) is 0 Å². The van der Waals surface area contributed by atoms with Crippen molar-refractivity contribution in [1.82, 2.24) is 20.1 Å². The highest BCUT2D eigenvalue weighted by atomic mass is 32.1. The summed E-state index contributed by atoms with van der Waals surface area (Å²) in [5.41, 5.74) is 0.626. The Bertz CT molecular complexity index is 602. The molecule has 94 valence electrons. The van der Waals surface area contributed by atoms with E-state index in [1.54, 1.807) is 16.7 Å². The Morgan fingerprint density at radius 2 is 2.11 bits per heavy atom. The number of hydrogen-bond acceptors (Lipinski definition) is 3. The van der Waals surface area contributed by atoms with Gasteiger partial charge in [0.2, 0.25) is 0 Å². The molecule has 0 radical (unpaired) electrons. The minimum absolute atomic E-state index is 0.128. The Morgan fingerprint density at radius 1 is 1.44 bits per heavy atom. The van der Waals surface area contributed by atoms with Crippen LogP contribution in [0.3, 0.4) is 0 Å². The van der Waals surface area contributed by atoms with Crippen LogP contribution in [0.5, 0.6) is 0 Å². The molecule has 0 bridgehead atoms. The number of amides is 1. The van der Waals surface area contributed by atoms with Gasteiger partial charge in [0.05, 0.1) is 6.04 Å². The Labute approximate surface area is 110 Å². The molecule has 0 aliphatic heterocycles. The molecule has 0 aliphatic carbocycles. The van der Waals surface area contributed by atoms with Crippen molar-refractivity contribution < 1.29 is 4.79 Å². The summed E-state index contributed by atoms with van der Waals surface area (Å²) in [5, 5.41) is 9.67. The molecule has 1 aromatic carbocycles. The molecule has 2 aromatic rings. The molecule has 2 N–H and O–H groups in total. The number of carbonyl (C=O) groups excluding carboxylic acids is 1. The first-order chi connectivity index (χ1) is 8.59. The van der Waals surface area contributed by atoms with Crippen LogP contribution >= 0.6 is 12.2 Å². The minimum atomic E-state index is -0.212. The van der Waals surface area contributed by atoms with Crippen molar-refractivity contribution in [3.05, 3.63) is 46.5 Å². The molecule has 0 fully saturated rings. The standard InChI is InChI=1S/C12H14N4OS/c1-8(10-14-15-12(18)16(10)2)13-11(17)9-6-4-3-5-7-9/h3-8H,1-2H3,(H,13,17)(H,15,18). The maximum Gasteiger partial charge on any atom is 0.251 e. The quantitative estimate of drug-likeness (QED) is 0.831. The average molecular weight is 262 g/mol. The number of nitrogens with one attached hydrogen (secondary N) is 2. The highest BCUT2D eigenvalue weighted by Crippen LogP contribution is 2.09. The van der Waals surface area contributed by atoms with E-state index in [1.165, 1.54) is 0 Å². The maximum absolute atomic E-state index is 12.0. The summed E-state index contributed by atoms with van der Waals surface area (Å²) in [5.74, 6) is 0.571. The number of rotatable bonds is 3. The number of hydrogen-bond donors (Lipinski definition) is 2. The van der Waals surface area contributed by atoms with Crippen LogP contribution in [0, 0.1) is 4.77 Å². The Hall–Kier alpha value is -1.95. The minimum Gasteiger partial charge on any atom is -0.342 e. The lowest BCUT2D eigenvalue weighted by Gasteiger charge is -2.12. The van der Waals surface area contributed by atoms with Crippen molar-refractivity contribution in [1.29, 1.82) is 0 Å². The van der Waals surface area contributed by atoms with E-state index in [0.29, 0.717) is 16.2 Å². The van der Waals surface area contributed by atoms with E-state index in [0.717, 1.165) is 0 Å². The summed E-state index contributed by atoms with van der Waals surface area (Å²) >= 11 is 5.03. The fourth-order valence-electron chi connectivity index (χ4n) is 1.68. The van der Waals surface area contributed by atoms with E-state index in [2.05, 4.69) is 15.5 Å². The van der Waals surface area contributed by atoms with Crippen LogP contribution in [0.1, 0.15) is 29.1 Å². The molecule has 1 aromatic heterocycles. The second-order valence-electron chi connectivity index (χ2n) is 4.01. The van der Waals surface area contributed by atoms with Crippen LogP contribution in [0.25, 0.3) is 0 Å². The zero-order chi connectivity index (χ0) is 13.1. The number of aromatic nitrogens is 3. The zero-order valence-electron chi connectivity index (χ0n) is 10.2. The van der Waals surface area contributed by atoms with Crippen LogP contribution in [-0.2, 0) is 7.05 Å². The van der Waals surface area contributed by atoms with Gasteiger partial charge in [0.1, 0.15) is 0 Å². The van der Waals surface area contributed by atoms with Gasteiger partial charge in [-0.2, -0.15) is 5.10 Å². The molecule has 0 aliphatic rings. The maximum atomic E-state index is 12.0. The van der Waals surface area contributed by atoms with Crippen molar-refractivity contribution in [2.75, 3.05) is 0 Å². The molecule has 1 atom stereocenters. The van der Waals surface area contributed by atoms with Crippen LogP contribution in [0.2, 0.25) is 0 Å². The van der Waals surface area contributed by atoms with Gasteiger partial charge in [-0.1, -0.05) is 18.2 Å². The largest absolute Gasteiger partial charge is 0.342 e. The lowest BCUT2D eigenvalue weighted by atomic mass is 10.2. The molecular weight excluding hydrogens is 248 g/mol. The molecule has 6 heteroatoms. The van der Waals surface area contributed by atoms with Gasteiger partial charge in [0.25, 0.3) is 5.91 Å². The topological polar surface area (TPSA) is 62.7 Å². The van der Waals surface area contributed by atoms with E-state index in [-0.39, 0.29) is 11.9 Å². The number of carbonyl (C=O) groups is 1. The summed E-state index contributed by atoms with van der Waals surface area (Å²) < 4.78 is 2.27. The second-order valence-corrected chi connectivity index (χ2v) is 4.39. The molecule has 1 unspecified atom stereocenters.